The van der Waals surface area contributed by atoms with Crippen LogP contribution >= 0.6 is 0 Å². The predicted molar refractivity (Wildman–Crippen MR) is 149 cm³/mol. The molecule has 0 spiro atoms. The molecule has 2 N–H and O–H groups in total. The molecule has 0 radical (unpaired) electrons. The molecular formula is C28H32FN7O4. The second-order valence-electron chi connectivity index (χ2n) is 10.2. The van der Waals surface area contributed by atoms with E-state index in [2.05, 4.69) is 20.6 Å². The minimum atomic E-state index is -0.733. The van der Waals surface area contributed by atoms with Crippen molar-refractivity contribution in [2.45, 2.75) is 40.4 Å². The van der Waals surface area contributed by atoms with Crippen molar-refractivity contribution in [3.05, 3.63) is 98.8 Å². The summed E-state index contributed by atoms with van der Waals surface area (Å²) in [5.74, 6) is 0.572. The smallest absolute Gasteiger partial charge is 0.355 e. The molecule has 0 aliphatic rings. The monoisotopic (exact) mass is 549 g/mol. The number of carbonyl (C=O) groups excluding carboxylic acids is 1. The van der Waals surface area contributed by atoms with Gasteiger partial charge >= 0.3 is 11.4 Å². The van der Waals surface area contributed by atoms with E-state index in [1.54, 1.807) is 36.2 Å². The topological polar surface area (TPSA) is 125 Å². The van der Waals surface area contributed by atoms with Crippen molar-refractivity contribution in [2.24, 2.45) is 5.41 Å². The standard InChI is InChI=1S/C28H32FN7O4/c1-28(2,3)23(37)32-24-30-13-15-34(24)16-14-31-25-33-26(38)36(18-19-5-9-21(29)10-6-19)27(39)35(25)17-20-7-11-22(40-4)12-8-20/h5-13,15H,14,16-18H2,1-4H3,(H,30,32,37)(H,31,33,38). The maximum Gasteiger partial charge on any atom is 0.355 e. The normalized spacial score (nSPS) is 11.3. The van der Waals surface area contributed by atoms with Crippen LogP contribution in [0.2, 0.25) is 0 Å². The maximum absolute atomic E-state index is 13.6. The number of carbonyl (C=O) groups is 1. The van der Waals surface area contributed by atoms with E-state index in [1.807, 2.05) is 32.9 Å². The number of imidazole rings is 1. The van der Waals surface area contributed by atoms with Gasteiger partial charge in [-0.25, -0.2) is 23.5 Å². The Morgan fingerprint density at radius 3 is 2.20 bits per heavy atom. The van der Waals surface area contributed by atoms with Crippen LogP contribution in [0.15, 0.2) is 70.5 Å². The van der Waals surface area contributed by atoms with Gasteiger partial charge in [-0.05, 0) is 35.4 Å². The van der Waals surface area contributed by atoms with Crippen LogP contribution in [0.1, 0.15) is 31.9 Å². The molecule has 4 aromatic rings. The lowest BCUT2D eigenvalue weighted by atomic mass is 9.96. The van der Waals surface area contributed by atoms with Gasteiger partial charge in [-0.3, -0.25) is 14.7 Å². The zero-order valence-electron chi connectivity index (χ0n) is 22.8. The van der Waals surface area contributed by atoms with Gasteiger partial charge in [0.05, 0.1) is 20.2 Å². The number of methoxy groups -OCH3 is 1. The summed E-state index contributed by atoms with van der Waals surface area (Å²) in [7, 11) is 1.57. The number of hydrogen-bond acceptors (Lipinski definition) is 7. The fourth-order valence-electron chi connectivity index (χ4n) is 3.82. The molecule has 40 heavy (non-hydrogen) atoms. The highest BCUT2D eigenvalue weighted by Crippen LogP contribution is 2.17. The molecule has 0 saturated carbocycles. The van der Waals surface area contributed by atoms with Crippen LogP contribution in [0.3, 0.4) is 0 Å². The van der Waals surface area contributed by atoms with Crippen LogP contribution < -0.4 is 26.7 Å². The average molecular weight is 550 g/mol. The van der Waals surface area contributed by atoms with E-state index >= 15 is 0 Å². The molecule has 12 heteroatoms. The van der Waals surface area contributed by atoms with Crippen molar-refractivity contribution in [1.82, 2.24) is 23.7 Å². The Labute approximate surface area is 230 Å². The molecule has 0 aliphatic heterocycles. The van der Waals surface area contributed by atoms with Crippen LogP contribution in [-0.2, 0) is 24.4 Å². The van der Waals surface area contributed by atoms with Gasteiger partial charge in [0.1, 0.15) is 11.6 Å². The number of hydrogen-bond donors (Lipinski definition) is 2. The number of halogens is 1. The van der Waals surface area contributed by atoms with Crippen molar-refractivity contribution in [3.8, 4) is 5.75 Å². The minimum Gasteiger partial charge on any atom is -0.497 e. The fourth-order valence-corrected chi connectivity index (χ4v) is 3.82. The summed E-state index contributed by atoms with van der Waals surface area (Å²) in [6.07, 6.45) is 3.30. The first-order valence-corrected chi connectivity index (χ1v) is 12.7. The lowest BCUT2D eigenvalue weighted by Gasteiger charge is -2.18. The molecule has 2 aromatic heterocycles. The number of amides is 1. The Bertz CT molecular complexity index is 1580. The molecule has 0 aliphatic carbocycles. The summed E-state index contributed by atoms with van der Waals surface area (Å²) in [4.78, 5) is 47.3. The molecule has 4 rings (SSSR count). The van der Waals surface area contributed by atoms with E-state index in [1.165, 1.54) is 28.8 Å². The first-order valence-electron chi connectivity index (χ1n) is 12.7. The molecule has 2 aromatic carbocycles. The van der Waals surface area contributed by atoms with Gasteiger partial charge in [-0.15, -0.1) is 0 Å². The highest BCUT2D eigenvalue weighted by molar-refractivity contribution is 5.93. The molecule has 0 fully saturated rings. The van der Waals surface area contributed by atoms with E-state index in [4.69, 9.17) is 4.74 Å². The Morgan fingerprint density at radius 1 is 0.950 bits per heavy atom. The number of aromatic nitrogens is 5. The third kappa shape index (κ3) is 6.82. The lowest BCUT2D eigenvalue weighted by Crippen LogP contribution is -2.43. The van der Waals surface area contributed by atoms with E-state index in [9.17, 15) is 18.8 Å². The third-order valence-corrected chi connectivity index (χ3v) is 6.16. The second kappa shape index (κ2) is 12.0. The molecule has 0 bridgehead atoms. The Balaban J connectivity index is 1.60. The van der Waals surface area contributed by atoms with Crippen LogP contribution in [0.5, 0.6) is 5.75 Å². The van der Waals surface area contributed by atoms with Gasteiger partial charge in [0.2, 0.25) is 17.8 Å². The highest BCUT2D eigenvalue weighted by atomic mass is 19.1. The van der Waals surface area contributed by atoms with E-state index in [0.29, 0.717) is 23.8 Å². The van der Waals surface area contributed by atoms with Gasteiger partial charge in [0, 0.05) is 30.9 Å². The number of ether oxygens (including phenoxy) is 1. The third-order valence-electron chi connectivity index (χ3n) is 6.16. The minimum absolute atomic E-state index is 0.0558. The molecule has 210 valence electrons. The van der Waals surface area contributed by atoms with Crippen molar-refractivity contribution < 1.29 is 13.9 Å². The SMILES string of the molecule is COc1ccc(Cn2c(NCCn3ccnc3NC(=O)C(C)(C)C)nc(=O)n(Cc3ccc(F)cc3)c2=O)cc1. The second-order valence-corrected chi connectivity index (χ2v) is 10.2. The molecule has 2 heterocycles. The van der Waals surface area contributed by atoms with Gasteiger partial charge < -0.3 is 14.6 Å². The summed E-state index contributed by atoms with van der Waals surface area (Å²) in [5, 5.41) is 5.90. The summed E-state index contributed by atoms with van der Waals surface area (Å²) in [6.45, 7) is 6.16. The first-order chi connectivity index (χ1) is 19.0. The number of rotatable bonds is 10. The highest BCUT2D eigenvalue weighted by Gasteiger charge is 2.22. The Kier molecular flexibility index (Phi) is 8.46. The molecule has 11 nitrogen and oxygen atoms in total. The summed E-state index contributed by atoms with van der Waals surface area (Å²) < 4.78 is 22.7. The lowest BCUT2D eigenvalue weighted by molar-refractivity contribution is -0.123. The van der Waals surface area contributed by atoms with Crippen LogP contribution in [0, 0.1) is 11.2 Å². The van der Waals surface area contributed by atoms with Gasteiger partial charge in [-0.2, -0.15) is 4.98 Å². The van der Waals surface area contributed by atoms with Crippen molar-refractivity contribution in [1.29, 1.82) is 0 Å². The molecule has 0 saturated heterocycles. The fraction of sp³-hybridized carbons (Fsp3) is 0.321. The van der Waals surface area contributed by atoms with Crippen LogP contribution in [-0.4, -0.2) is 43.2 Å². The van der Waals surface area contributed by atoms with E-state index in [0.717, 1.165) is 10.1 Å². The molecule has 1 amide bonds. The zero-order chi connectivity index (χ0) is 28.9. The Hall–Kier alpha value is -4.74. The summed E-state index contributed by atoms with van der Waals surface area (Å²) in [5.41, 5.74) is -0.508. The zero-order valence-corrected chi connectivity index (χ0v) is 22.8. The van der Waals surface area contributed by atoms with Crippen molar-refractivity contribution in [2.75, 3.05) is 24.3 Å². The largest absolute Gasteiger partial charge is 0.497 e. The van der Waals surface area contributed by atoms with Gasteiger partial charge in [-0.1, -0.05) is 45.0 Å². The van der Waals surface area contributed by atoms with Crippen LogP contribution in [0.4, 0.5) is 16.3 Å². The number of nitrogens with one attached hydrogen (secondary N) is 2. The predicted octanol–water partition coefficient (Wildman–Crippen LogP) is 2.94. The van der Waals surface area contributed by atoms with Crippen molar-refractivity contribution in [3.63, 3.8) is 0 Å². The van der Waals surface area contributed by atoms with E-state index in [-0.39, 0.29) is 31.5 Å². The molecule has 0 unspecified atom stereocenters. The number of benzene rings is 2. The number of anilines is 2. The molecule has 0 atom stereocenters. The number of nitrogens with zero attached hydrogens (tertiary/aromatic N) is 5. The van der Waals surface area contributed by atoms with E-state index < -0.39 is 22.6 Å². The van der Waals surface area contributed by atoms with Gasteiger partial charge in [0.15, 0.2) is 0 Å². The maximum atomic E-state index is 13.6. The first kappa shape index (κ1) is 28.3. The van der Waals surface area contributed by atoms with Crippen LogP contribution in [0.25, 0.3) is 0 Å². The Morgan fingerprint density at radius 2 is 1.57 bits per heavy atom. The quantitative estimate of drug-likeness (QED) is 0.312. The summed E-state index contributed by atoms with van der Waals surface area (Å²) in [6, 6.07) is 12.8. The average Bonchev–Trinajstić information content (AvgIpc) is 3.36. The summed E-state index contributed by atoms with van der Waals surface area (Å²) >= 11 is 0. The van der Waals surface area contributed by atoms with Crippen molar-refractivity contribution >= 4 is 17.8 Å². The molecular weight excluding hydrogens is 517 g/mol. The van der Waals surface area contributed by atoms with Gasteiger partial charge in [0.25, 0.3) is 0 Å².